The summed E-state index contributed by atoms with van der Waals surface area (Å²) < 4.78 is 11.9. The molecule has 4 saturated heterocycles. The molecule has 0 radical (unpaired) electrons. The third-order valence-corrected chi connectivity index (χ3v) is 15.3. The van der Waals surface area contributed by atoms with Crippen molar-refractivity contribution in [1.82, 2.24) is 19.6 Å². The molecule has 4 aliphatic heterocycles. The van der Waals surface area contributed by atoms with Crippen LogP contribution in [0.5, 0.6) is 0 Å². The van der Waals surface area contributed by atoms with Crippen molar-refractivity contribution in [3.05, 3.63) is 0 Å². The molecular weight excluding hydrogens is 629 g/mol. The zero-order valence-corrected chi connectivity index (χ0v) is 37.1. The number of piperidine rings is 2. The van der Waals surface area contributed by atoms with Crippen LogP contribution in [0.25, 0.3) is 0 Å². The van der Waals surface area contributed by atoms with Crippen LogP contribution < -0.4 is 0 Å². The summed E-state index contributed by atoms with van der Waals surface area (Å²) in [5.74, 6) is 13.0. The molecular formula is C41H86N4OS2. The summed E-state index contributed by atoms with van der Waals surface area (Å²) in [6.45, 7) is 43.8. The summed E-state index contributed by atoms with van der Waals surface area (Å²) >= 11 is 0. The van der Waals surface area contributed by atoms with Crippen LogP contribution in [0.1, 0.15) is 150 Å². The van der Waals surface area contributed by atoms with E-state index in [2.05, 4.69) is 149 Å². The van der Waals surface area contributed by atoms with Crippen LogP contribution in [0.15, 0.2) is 0 Å². The topological polar surface area (TPSA) is 30.0 Å². The number of likely N-dealkylation sites (tertiary alicyclic amines) is 2. The summed E-state index contributed by atoms with van der Waals surface area (Å²) in [7, 11) is -1.39. The van der Waals surface area contributed by atoms with Crippen LogP contribution >= 0.6 is 10.5 Å². The normalized spacial score (nSPS) is 30.9. The van der Waals surface area contributed by atoms with Gasteiger partial charge in [0.2, 0.25) is 0 Å². The van der Waals surface area contributed by atoms with E-state index in [0.717, 1.165) is 24.0 Å². The third kappa shape index (κ3) is 14.6. The number of rotatable bonds is 4. The molecule has 4 aliphatic rings. The fourth-order valence-corrected chi connectivity index (χ4v) is 13.3. The first-order valence-corrected chi connectivity index (χ1v) is 23.3. The van der Waals surface area contributed by atoms with Crippen LogP contribution in [0, 0.1) is 5.92 Å². The third-order valence-electron chi connectivity index (χ3n) is 11.3. The van der Waals surface area contributed by atoms with Gasteiger partial charge in [0.15, 0.2) is 0 Å². The van der Waals surface area contributed by atoms with Crippen LogP contribution in [0.2, 0.25) is 0 Å². The van der Waals surface area contributed by atoms with Gasteiger partial charge in [-0.3, -0.25) is 23.8 Å². The van der Waals surface area contributed by atoms with Crippen LogP contribution in [-0.2, 0) is 9.52 Å². The van der Waals surface area contributed by atoms with Crippen molar-refractivity contribution in [3.63, 3.8) is 0 Å². The maximum atomic E-state index is 11.9. The van der Waals surface area contributed by atoms with E-state index >= 15 is 0 Å². The van der Waals surface area contributed by atoms with E-state index < -0.39 is 9.52 Å². The molecule has 0 amide bonds. The standard InChI is InChI=1S/C11H23N.C10H21NOS.C10H21NS.C10H21N/c1-9(2)12-7-6-10(3)8-11(12,4)5;1-9(2)11-6-7-13(5,12)8-10(11,3)4;1-9(2)11-6-7-12(5)8-10(11,3)4;1-9(2)11-8-6-5-7-10(11,3)4/h9-10H,6-8H2,1-5H3;9H,5-8H2,1-4H3;9H,5-8H2,1-4H3;9H,5-8H2,1-4H3. The van der Waals surface area contributed by atoms with Crippen molar-refractivity contribution in [1.29, 1.82) is 0 Å². The summed E-state index contributed by atoms with van der Waals surface area (Å²) in [5.41, 5.74) is 1.29. The minimum Gasteiger partial charge on any atom is -0.296 e. The van der Waals surface area contributed by atoms with Gasteiger partial charge in [0.25, 0.3) is 0 Å². The summed E-state index contributed by atoms with van der Waals surface area (Å²) in [6, 6.07) is 2.63. The minimum atomic E-state index is -1.80. The lowest BCUT2D eigenvalue weighted by atomic mass is 9.83. The lowest BCUT2D eigenvalue weighted by molar-refractivity contribution is 0.0250. The summed E-state index contributed by atoms with van der Waals surface area (Å²) in [4.78, 5) is 10.3. The predicted molar refractivity (Wildman–Crippen MR) is 225 cm³/mol. The second-order valence-corrected chi connectivity index (χ2v) is 23.8. The van der Waals surface area contributed by atoms with Gasteiger partial charge in [0.05, 0.1) is 0 Å². The van der Waals surface area contributed by atoms with E-state index in [-0.39, 0.29) is 5.54 Å². The van der Waals surface area contributed by atoms with Crippen molar-refractivity contribution in [3.8, 4) is 0 Å². The Morgan fingerprint density at radius 3 is 1.50 bits per heavy atom. The molecule has 5 nitrogen and oxygen atoms in total. The Morgan fingerprint density at radius 2 is 1.10 bits per heavy atom. The first-order valence-electron chi connectivity index (χ1n) is 19.5. The SMILES string of the molecule is C=S1(=O)CCN(C(C)C)C(C)(C)C1.C=S1CCN(C(C)C)C(C)(C)C1.CC(C)N1CCCCC1(C)C.CC1CCN(C(C)C)C(C)(C)C1. The lowest BCUT2D eigenvalue weighted by Gasteiger charge is -2.47. The zero-order chi connectivity index (χ0) is 37.5. The molecule has 48 heavy (non-hydrogen) atoms. The lowest BCUT2D eigenvalue weighted by Crippen LogP contribution is -2.57. The molecule has 3 unspecified atom stereocenters. The number of hydrogen-bond donors (Lipinski definition) is 0. The van der Waals surface area contributed by atoms with Gasteiger partial charge < -0.3 is 0 Å². The molecule has 7 heteroatoms. The monoisotopic (exact) mass is 715 g/mol. The van der Waals surface area contributed by atoms with Gasteiger partial charge in [0, 0.05) is 82.4 Å². The molecule has 4 rings (SSSR count). The molecule has 0 saturated carbocycles. The van der Waals surface area contributed by atoms with Gasteiger partial charge >= 0.3 is 0 Å². The fourth-order valence-electron chi connectivity index (χ4n) is 9.40. The molecule has 0 bridgehead atoms. The molecule has 0 N–H and O–H groups in total. The Balaban J connectivity index is 0.000000320. The van der Waals surface area contributed by atoms with Crippen LogP contribution in [-0.4, -0.2) is 131 Å². The first kappa shape index (κ1) is 46.1. The van der Waals surface area contributed by atoms with E-state index in [9.17, 15) is 4.21 Å². The molecule has 4 fully saturated rings. The van der Waals surface area contributed by atoms with E-state index in [0.29, 0.717) is 51.3 Å². The van der Waals surface area contributed by atoms with E-state index in [1.165, 1.54) is 63.2 Å². The minimum absolute atomic E-state index is 0.0469. The summed E-state index contributed by atoms with van der Waals surface area (Å²) in [5, 5.41) is 0. The highest BCUT2D eigenvalue weighted by Crippen LogP contribution is 2.33. The molecule has 0 spiro atoms. The Kier molecular flexibility index (Phi) is 18.0. The Bertz CT molecular complexity index is 1070. The van der Waals surface area contributed by atoms with Gasteiger partial charge in [-0.2, -0.15) is 10.5 Å². The number of nitrogens with zero attached hydrogens (tertiary/aromatic N) is 4. The van der Waals surface area contributed by atoms with Crippen molar-refractivity contribution in [2.75, 3.05) is 49.2 Å². The van der Waals surface area contributed by atoms with Crippen molar-refractivity contribution >= 4 is 31.7 Å². The van der Waals surface area contributed by atoms with E-state index in [1.54, 1.807) is 0 Å². The Morgan fingerprint density at radius 1 is 0.646 bits per heavy atom. The largest absolute Gasteiger partial charge is 0.296 e. The Labute approximate surface area is 305 Å². The van der Waals surface area contributed by atoms with Gasteiger partial charge in [0.1, 0.15) is 0 Å². The maximum Gasteiger partial charge on any atom is 0.0339 e. The highest BCUT2D eigenvalue weighted by Gasteiger charge is 2.36. The second kappa shape index (κ2) is 18.7. The van der Waals surface area contributed by atoms with Crippen molar-refractivity contribution < 1.29 is 4.21 Å². The highest BCUT2D eigenvalue weighted by atomic mass is 32.2. The van der Waals surface area contributed by atoms with Crippen LogP contribution in [0.3, 0.4) is 0 Å². The van der Waals surface area contributed by atoms with Crippen molar-refractivity contribution in [2.45, 2.75) is 196 Å². The number of hydrogen-bond acceptors (Lipinski definition) is 5. The Hall–Kier alpha value is 0.0800. The highest BCUT2D eigenvalue weighted by molar-refractivity contribution is 8.14. The van der Waals surface area contributed by atoms with E-state index in [4.69, 9.17) is 0 Å². The summed E-state index contributed by atoms with van der Waals surface area (Å²) in [6.07, 6.45) is 6.90. The predicted octanol–water partition coefficient (Wildman–Crippen LogP) is 8.96. The molecule has 288 valence electrons. The first-order chi connectivity index (χ1) is 21.6. The quantitative estimate of drug-likeness (QED) is 0.272. The zero-order valence-electron chi connectivity index (χ0n) is 35.5. The molecule has 0 aliphatic carbocycles. The molecule has 3 atom stereocenters. The average Bonchev–Trinajstić information content (AvgIpc) is 2.86. The molecule has 4 heterocycles. The molecule has 0 aromatic heterocycles. The molecule has 0 aromatic carbocycles. The smallest absolute Gasteiger partial charge is 0.0339 e. The van der Waals surface area contributed by atoms with Crippen molar-refractivity contribution in [2.24, 2.45) is 5.92 Å². The second-order valence-electron chi connectivity index (χ2n) is 19.2. The fraction of sp³-hybridized carbons (Fsp3) is 0.951. The van der Waals surface area contributed by atoms with Gasteiger partial charge in [-0.1, -0.05) is 19.2 Å². The van der Waals surface area contributed by atoms with E-state index in [1.807, 2.05) is 0 Å². The maximum absolute atomic E-state index is 11.9. The van der Waals surface area contributed by atoms with Crippen LogP contribution in [0.4, 0.5) is 0 Å². The van der Waals surface area contributed by atoms with Gasteiger partial charge in [-0.05, 0) is 171 Å². The van der Waals surface area contributed by atoms with Gasteiger partial charge in [-0.15, -0.1) is 0 Å². The average molecular weight is 715 g/mol. The van der Waals surface area contributed by atoms with Gasteiger partial charge in [-0.25, -0.2) is 0 Å². The molecule has 0 aromatic rings.